The van der Waals surface area contributed by atoms with Crippen LogP contribution >= 0.6 is 0 Å². The van der Waals surface area contributed by atoms with Gasteiger partial charge in [-0.1, -0.05) is 12.1 Å². The number of rotatable bonds is 8. The first-order chi connectivity index (χ1) is 13.0. The third-order valence-corrected chi connectivity index (χ3v) is 3.34. The summed E-state index contributed by atoms with van der Waals surface area (Å²) in [5.74, 6) is -0.639. The molecule has 0 radical (unpaired) electrons. The average molecular weight is 376 g/mol. The molecule has 8 heteroatoms. The molecule has 2 rings (SSSR count). The van der Waals surface area contributed by atoms with E-state index in [1.54, 1.807) is 30.3 Å². The Bertz CT molecular complexity index is 767. The third kappa shape index (κ3) is 6.50. The van der Waals surface area contributed by atoms with Crippen LogP contribution in [0.3, 0.4) is 0 Å². The normalized spacial score (nSPS) is 11.2. The first kappa shape index (κ1) is 20.0. The standard InChI is InChI=1S/C19H21FN2O5/c1-3-25-14-8-10-15(11-9-14)26-12-18(23)21-22-19(24)13(2)27-17-7-5-4-6-16(17)20/h4-11,13H,3,12H2,1-2H3,(H,21,23)(H,22,24)/t13-/m1/s1. The summed E-state index contributed by atoms with van der Waals surface area (Å²) < 4.78 is 29.3. The van der Waals surface area contributed by atoms with Gasteiger partial charge in [0, 0.05) is 0 Å². The SMILES string of the molecule is CCOc1ccc(OCC(=O)NNC(=O)[C@@H](C)Oc2ccccc2F)cc1. The van der Waals surface area contributed by atoms with Gasteiger partial charge in [0.1, 0.15) is 11.5 Å². The van der Waals surface area contributed by atoms with Gasteiger partial charge in [-0.3, -0.25) is 20.4 Å². The largest absolute Gasteiger partial charge is 0.494 e. The molecule has 7 nitrogen and oxygen atoms in total. The Hall–Kier alpha value is -3.29. The number of nitrogens with one attached hydrogen (secondary N) is 2. The molecule has 1 atom stereocenters. The molecule has 144 valence electrons. The molecule has 0 aliphatic heterocycles. The van der Waals surface area contributed by atoms with Crippen LogP contribution in [0.25, 0.3) is 0 Å². The number of amides is 2. The van der Waals surface area contributed by atoms with Crippen molar-refractivity contribution in [3.05, 3.63) is 54.3 Å². The van der Waals surface area contributed by atoms with E-state index in [0.717, 1.165) is 0 Å². The van der Waals surface area contributed by atoms with Gasteiger partial charge in [0.25, 0.3) is 11.8 Å². The van der Waals surface area contributed by atoms with Crippen molar-refractivity contribution >= 4 is 11.8 Å². The quantitative estimate of drug-likeness (QED) is 0.690. The number of carbonyl (C=O) groups is 2. The zero-order chi connectivity index (χ0) is 19.6. The monoisotopic (exact) mass is 376 g/mol. The minimum absolute atomic E-state index is 0.0506. The van der Waals surface area contributed by atoms with Crippen LogP contribution in [-0.4, -0.2) is 31.1 Å². The van der Waals surface area contributed by atoms with Crippen molar-refractivity contribution in [1.82, 2.24) is 10.9 Å². The lowest BCUT2D eigenvalue weighted by Crippen LogP contribution is -2.48. The Labute approximate surface area is 156 Å². The van der Waals surface area contributed by atoms with E-state index in [-0.39, 0.29) is 12.4 Å². The lowest BCUT2D eigenvalue weighted by molar-refractivity contribution is -0.133. The Kier molecular flexibility index (Phi) is 7.42. The Morgan fingerprint density at radius 1 is 1.00 bits per heavy atom. The van der Waals surface area contributed by atoms with Gasteiger partial charge in [0.05, 0.1) is 6.61 Å². The van der Waals surface area contributed by atoms with Crippen LogP contribution in [-0.2, 0) is 9.59 Å². The van der Waals surface area contributed by atoms with E-state index in [0.29, 0.717) is 18.1 Å². The van der Waals surface area contributed by atoms with Gasteiger partial charge in [0.2, 0.25) is 0 Å². The van der Waals surface area contributed by atoms with Gasteiger partial charge >= 0.3 is 0 Å². The van der Waals surface area contributed by atoms with E-state index in [1.807, 2.05) is 6.92 Å². The van der Waals surface area contributed by atoms with Crippen LogP contribution in [0.2, 0.25) is 0 Å². The zero-order valence-corrected chi connectivity index (χ0v) is 15.0. The number of hydrazine groups is 1. The fourth-order valence-corrected chi connectivity index (χ4v) is 2.00. The van der Waals surface area contributed by atoms with Crippen LogP contribution in [0.15, 0.2) is 48.5 Å². The number of hydrogen-bond acceptors (Lipinski definition) is 5. The number of halogens is 1. The Morgan fingerprint density at radius 2 is 1.63 bits per heavy atom. The van der Waals surface area contributed by atoms with Crippen LogP contribution in [0, 0.1) is 5.82 Å². The summed E-state index contributed by atoms with van der Waals surface area (Å²) in [5, 5.41) is 0. The highest BCUT2D eigenvalue weighted by molar-refractivity contribution is 5.85. The predicted octanol–water partition coefficient (Wildman–Crippen LogP) is 2.22. The maximum absolute atomic E-state index is 13.5. The number of para-hydroxylation sites is 1. The van der Waals surface area contributed by atoms with Crippen molar-refractivity contribution in [2.45, 2.75) is 20.0 Å². The molecular formula is C19H21FN2O5. The van der Waals surface area contributed by atoms with Crippen molar-refractivity contribution in [3.63, 3.8) is 0 Å². The summed E-state index contributed by atoms with van der Waals surface area (Å²) in [6, 6.07) is 12.5. The highest BCUT2D eigenvalue weighted by Gasteiger charge is 2.17. The fraction of sp³-hybridized carbons (Fsp3) is 0.263. The van der Waals surface area contributed by atoms with Crippen LogP contribution in [0.1, 0.15) is 13.8 Å². The molecule has 2 aromatic carbocycles. The Balaban J connectivity index is 1.72. The van der Waals surface area contributed by atoms with Gasteiger partial charge in [-0.05, 0) is 50.2 Å². The lowest BCUT2D eigenvalue weighted by Gasteiger charge is -2.15. The first-order valence-electron chi connectivity index (χ1n) is 8.35. The topological polar surface area (TPSA) is 85.9 Å². The lowest BCUT2D eigenvalue weighted by atomic mass is 10.3. The molecular weight excluding hydrogens is 355 g/mol. The summed E-state index contributed by atoms with van der Waals surface area (Å²) in [4.78, 5) is 23.7. The molecule has 0 aliphatic rings. The second-order valence-corrected chi connectivity index (χ2v) is 5.42. The molecule has 0 unspecified atom stereocenters. The molecule has 2 aromatic rings. The van der Waals surface area contributed by atoms with Crippen LogP contribution < -0.4 is 25.1 Å². The van der Waals surface area contributed by atoms with E-state index >= 15 is 0 Å². The van der Waals surface area contributed by atoms with Gasteiger partial charge in [0.15, 0.2) is 24.3 Å². The van der Waals surface area contributed by atoms with E-state index in [4.69, 9.17) is 14.2 Å². The Morgan fingerprint density at radius 3 is 2.26 bits per heavy atom. The smallest absolute Gasteiger partial charge is 0.279 e. The van der Waals surface area contributed by atoms with Crippen molar-refractivity contribution in [2.75, 3.05) is 13.2 Å². The highest BCUT2D eigenvalue weighted by atomic mass is 19.1. The molecule has 0 aromatic heterocycles. The fourth-order valence-electron chi connectivity index (χ4n) is 2.00. The third-order valence-electron chi connectivity index (χ3n) is 3.34. The molecule has 0 aliphatic carbocycles. The molecule has 2 amide bonds. The number of carbonyl (C=O) groups excluding carboxylic acids is 2. The van der Waals surface area contributed by atoms with Crippen molar-refractivity contribution < 1.29 is 28.2 Å². The summed E-state index contributed by atoms with van der Waals surface area (Å²) in [7, 11) is 0. The summed E-state index contributed by atoms with van der Waals surface area (Å²) >= 11 is 0. The summed E-state index contributed by atoms with van der Waals surface area (Å²) in [6.45, 7) is 3.58. The van der Waals surface area contributed by atoms with Crippen molar-refractivity contribution in [1.29, 1.82) is 0 Å². The van der Waals surface area contributed by atoms with E-state index < -0.39 is 23.7 Å². The van der Waals surface area contributed by atoms with Crippen molar-refractivity contribution in [2.24, 2.45) is 0 Å². The molecule has 0 spiro atoms. The second kappa shape index (κ2) is 10.0. The summed E-state index contributed by atoms with van der Waals surface area (Å²) in [5.41, 5.74) is 4.40. The maximum Gasteiger partial charge on any atom is 0.279 e. The molecule has 0 saturated carbocycles. The first-order valence-corrected chi connectivity index (χ1v) is 8.35. The molecule has 0 bridgehead atoms. The van der Waals surface area contributed by atoms with Gasteiger partial charge in [-0.25, -0.2) is 4.39 Å². The molecule has 0 fully saturated rings. The zero-order valence-electron chi connectivity index (χ0n) is 15.0. The highest BCUT2D eigenvalue weighted by Crippen LogP contribution is 2.18. The molecule has 0 saturated heterocycles. The summed E-state index contributed by atoms with van der Waals surface area (Å²) in [6.07, 6.45) is -1.01. The molecule has 27 heavy (non-hydrogen) atoms. The number of benzene rings is 2. The number of ether oxygens (including phenoxy) is 3. The van der Waals surface area contributed by atoms with Gasteiger partial charge in [-0.15, -0.1) is 0 Å². The van der Waals surface area contributed by atoms with Crippen molar-refractivity contribution in [3.8, 4) is 17.2 Å². The maximum atomic E-state index is 13.5. The van der Waals surface area contributed by atoms with E-state index in [1.165, 1.54) is 25.1 Å². The van der Waals surface area contributed by atoms with E-state index in [9.17, 15) is 14.0 Å². The minimum atomic E-state index is -1.01. The van der Waals surface area contributed by atoms with E-state index in [2.05, 4.69) is 10.9 Å². The average Bonchev–Trinajstić information content (AvgIpc) is 2.67. The number of hydrogen-bond donors (Lipinski definition) is 2. The molecule has 2 N–H and O–H groups in total. The van der Waals surface area contributed by atoms with Gasteiger partial charge in [-0.2, -0.15) is 0 Å². The van der Waals surface area contributed by atoms with Crippen LogP contribution in [0.4, 0.5) is 4.39 Å². The second-order valence-electron chi connectivity index (χ2n) is 5.42. The predicted molar refractivity (Wildman–Crippen MR) is 95.9 cm³/mol. The van der Waals surface area contributed by atoms with Gasteiger partial charge < -0.3 is 14.2 Å². The van der Waals surface area contributed by atoms with Crippen LogP contribution in [0.5, 0.6) is 17.2 Å². The molecule has 0 heterocycles. The minimum Gasteiger partial charge on any atom is -0.494 e.